The predicted octanol–water partition coefficient (Wildman–Crippen LogP) is 3.46. The molecule has 3 rings (SSSR count). The van der Waals surface area contributed by atoms with Crippen molar-refractivity contribution in [2.45, 2.75) is 6.04 Å². The number of phenolic OH excluding ortho intramolecular Hbond substituents is 1. The molecular formula is C16H14FN3O. The molecule has 0 radical (unpaired) electrons. The van der Waals surface area contributed by atoms with E-state index in [0.29, 0.717) is 5.69 Å². The molecule has 0 spiro atoms. The minimum atomic E-state index is -0.656. The number of anilines is 1. The second-order valence-electron chi connectivity index (χ2n) is 4.66. The Morgan fingerprint density at radius 2 is 1.95 bits per heavy atom. The molecule has 3 N–H and O–H groups in total. The largest absolute Gasteiger partial charge is 0.505 e. The van der Waals surface area contributed by atoms with E-state index in [1.807, 2.05) is 30.3 Å². The molecular weight excluding hydrogens is 269 g/mol. The first-order valence-corrected chi connectivity index (χ1v) is 6.52. The summed E-state index contributed by atoms with van der Waals surface area (Å²) in [4.78, 5) is 7.10. The number of imidazole rings is 1. The Balaban J connectivity index is 1.95. The smallest absolute Gasteiger partial charge is 0.166 e. The number of aromatic hydroxyl groups is 1. The number of hydrogen-bond acceptors (Lipinski definition) is 3. The third-order valence-electron chi connectivity index (χ3n) is 3.22. The standard InChI is InChI=1S/C16H14FN3O/c17-13-8-12(6-7-15(13)21)20-16(14-9-18-10-19-14)11-4-2-1-3-5-11/h1-10,16,20-21H,(H,18,19). The van der Waals surface area contributed by atoms with Crippen LogP contribution in [0, 0.1) is 5.82 Å². The number of aromatic amines is 1. The van der Waals surface area contributed by atoms with Gasteiger partial charge in [0, 0.05) is 11.8 Å². The Bertz CT molecular complexity index is 714. The lowest BCUT2D eigenvalue weighted by Crippen LogP contribution is -2.12. The first-order chi connectivity index (χ1) is 10.2. The minimum absolute atomic E-state index is 0.183. The molecule has 0 aliphatic rings. The fraction of sp³-hybridized carbons (Fsp3) is 0.0625. The number of aromatic nitrogens is 2. The van der Waals surface area contributed by atoms with Crippen LogP contribution in [0.3, 0.4) is 0 Å². The highest BCUT2D eigenvalue weighted by atomic mass is 19.1. The average Bonchev–Trinajstić information content (AvgIpc) is 3.03. The quantitative estimate of drug-likeness (QED) is 0.643. The SMILES string of the molecule is Oc1ccc(NC(c2ccccc2)c2cnc[nH]2)cc1F. The zero-order chi connectivity index (χ0) is 14.7. The van der Waals surface area contributed by atoms with Gasteiger partial charge in [0.05, 0.1) is 24.3 Å². The van der Waals surface area contributed by atoms with E-state index in [0.717, 1.165) is 11.3 Å². The van der Waals surface area contributed by atoms with Gasteiger partial charge >= 0.3 is 0 Å². The average molecular weight is 283 g/mol. The van der Waals surface area contributed by atoms with Crippen molar-refractivity contribution in [2.24, 2.45) is 0 Å². The number of rotatable bonds is 4. The zero-order valence-electron chi connectivity index (χ0n) is 11.1. The highest BCUT2D eigenvalue weighted by molar-refractivity contribution is 5.50. The summed E-state index contributed by atoms with van der Waals surface area (Å²) in [6.07, 6.45) is 3.33. The summed E-state index contributed by atoms with van der Waals surface area (Å²) in [5.41, 5.74) is 2.47. The zero-order valence-corrected chi connectivity index (χ0v) is 11.1. The van der Waals surface area contributed by atoms with Crippen molar-refractivity contribution in [1.82, 2.24) is 9.97 Å². The molecule has 0 amide bonds. The fourth-order valence-electron chi connectivity index (χ4n) is 2.17. The lowest BCUT2D eigenvalue weighted by molar-refractivity contribution is 0.432. The highest BCUT2D eigenvalue weighted by Crippen LogP contribution is 2.27. The molecule has 5 heteroatoms. The maximum atomic E-state index is 13.5. The first kappa shape index (κ1) is 13.2. The number of hydrogen-bond donors (Lipinski definition) is 3. The van der Waals surface area contributed by atoms with Gasteiger partial charge < -0.3 is 15.4 Å². The molecule has 2 aromatic carbocycles. The summed E-state index contributed by atoms with van der Waals surface area (Å²) in [6.45, 7) is 0. The summed E-state index contributed by atoms with van der Waals surface area (Å²) in [6, 6.07) is 13.8. The van der Waals surface area contributed by atoms with Gasteiger partial charge in [-0.3, -0.25) is 0 Å². The van der Waals surface area contributed by atoms with E-state index in [9.17, 15) is 9.50 Å². The van der Waals surface area contributed by atoms with Crippen LogP contribution in [0.15, 0.2) is 61.1 Å². The third kappa shape index (κ3) is 2.86. The van der Waals surface area contributed by atoms with Crippen molar-refractivity contribution < 1.29 is 9.50 Å². The number of nitrogens with one attached hydrogen (secondary N) is 2. The van der Waals surface area contributed by atoms with Gasteiger partial charge in [0.1, 0.15) is 0 Å². The van der Waals surface area contributed by atoms with Gasteiger partial charge in [-0.05, 0) is 17.7 Å². The lowest BCUT2D eigenvalue weighted by atomic mass is 10.0. The van der Waals surface area contributed by atoms with E-state index >= 15 is 0 Å². The molecule has 0 bridgehead atoms. The second kappa shape index (κ2) is 5.66. The van der Waals surface area contributed by atoms with Crippen LogP contribution in [-0.4, -0.2) is 15.1 Å². The maximum absolute atomic E-state index is 13.5. The van der Waals surface area contributed by atoms with Crippen molar-refractivity contribution in [2.75, 3.05) is 5.32 Å². The molecule has 1 heterocycles. The molecule has 0 saturated heterocycles. The number of nitrogens with zero attached hydrogens (tertiary/aromatic N) is 1. The first-order valence-electron chi connectivity index (χ1n) is 6.52. The lowest BCUT2D eigenvalue weighted by Gasteiger charge is -2.19. The van der Waals surface area contributed by atoms with Crippen LogP contribution in [0.2, 0.25) is 0 Å². The molecule has 0 aliphatic heterocycles. The molecule has 1 atom stereocenters. The van der Waals surface area contributed by atoms with Gasteiger partial charge in [-0.1, -0.05) is 30.3 Å². The van der Waals surface area contributed by atoms with Crippen molar-refractivity contribution in [1.29, 1.82) is 0 Å². The Hall–Kier alpha value is -2.82. The molecule has 0 saturated carbocycles. The Morgan fingerprint density at radius 1 is 1.14 bits per heavy atom. The normalized spacial score (nSPS) is 12.0. The van der Waals surface area contributed by atoms with Gasteiger partial charge in [-0.25, -0.2) is 9.37 Å². The molecule has 0 fully saturated rings. The van der Waals surface area contributed by atoms with Gasteiger partial charge in [-0.2, -0.15) is 0 Å². The Morgan fingerprint density at radius 3 is 2.62 bits per heavy atom. The summed E-state index contributed by atoms with van der Waals surface area (Å²) >= 11 is 0. The van der Waals surface area contributed by atoms with Gasteiger partial charge in [0.2, 0.25) is 0 Å². The van der Waals surface area contributed by atoms with Crippen LogP contribution < -0.4 is 5.32 Å². The molecule has 1 aromatic heterocycles. The van der Waals surface area contributed by atoms with Crippen LogP contribution >= 0.6 is 0 Å². The topological polar surface area (TPSA) is 60.9 Å². The number of H-pyrrole nitrogens is 1. The monoisotopic (exact) mass is 283 g/mol. The van der Waals surface area contributed by atoms with Crippen LogP contribution in [-0.2, 0) is 0 Å². The van der Waals surface area contributed by atoms with E-state index in [2.05, 4.69) is 15.3 Å². The van der Waals surface area contributed by atoms with Gasteiger partial charge in [0.15, 0.2) is 11.6 Å². The third-order valence-corrected chi connectivity index (χ3v) is 3.22. The van der Waals surface area contributed by atoms with Crippen molar-refractivity contribution >= 4 is 5.69 Å². The number of benzene rings is 2. The summed E-state index contributed by atoms with van der Waals surface area (Å²) in [5.74, 6) is -1.02. The van der Waals surface area contributed by atoms with E-state index in [1.165, 1.54) is 12.1 Å². The Kier molecular flexibility index (Phi) is 3.55. The van der Waals surface area contributed by atoms with Gasteiger partial charge in [0.25, 0.3) is 0 Å². The second-order valence-corrected chi connectivity index (χ2v) is 4.66. The van der Waals surface area contributed by atoms with E-state index < -0.39 is 5.82 Å². The highest BCUT2D eigenvalue weighted by Gasteiger charge is 2.15. The van der Waals surface area contributed by atoms with Crippen molar-refractivity contribution in [3.63, 3.8) is 0 Å². The molecule has 4 nitrogen and oxygen atoms in total. The van der Waals surface area contributed by atoms with E-state index in [4.69, 9.17) is 0 Å². The minimum Gasteiger partial charge on any atom is -0.505 e. The predicted molar refractivity (Wildman–Crippen MR) is 78.6 cm³/mol. The van der Waals surface area contributed by atoms with Crippen LogP contribution in [0.1, 0.15) is 17.3 Å². The molecule has 106 valence electrons. The van der Waals surface area contributed by atoms with Crippen molar-refractivity contribution in [3.8, 4) is 5.75 Å². The van der Waals surface area contributed by atoms with E-state index in [1.54, 1.807) is 18.6 Å². The summed E-state index contributed by atoms with van der Waals surface area (Å²) in [7, 11) is 0. The van der Waals surface area contributed by atoms with Gasteiger partial charge in [-0.15, -0.1) is 0 Å². The van der Waals surface area contributed by atoms with Crippen molar-refractivity contribution in [3.05, 3.63) is 78.1 Å². The molecule has 3 aromatic rings. The maximum Gasteiger partial charge on any atom is 0.166 e. The molecule has 0 aliphatic carbocycles. The number of phenols is 1. The van der Waals surface area contributed by atoms with E-state index in [-0.39, 0.29) is 11.8 Å². The molecule has 21 heavy (non-hydrogen) atoms. The number of halogens is 1. The summed E-state index contributed by atoms with van der Waals surface area (Å²) < 4.78 is 13.5. The van der Waals surface area contributed by atoms with Crippen LogP contribution in [0.4, 0.5) is 10.1 Å². The molecule has 1 unspecified atom stereocenters. The fourth-order valence-corrected chi connectivity index (χ4v) is 2.17. The Labute approximate surface area is 121 Å². The van der Waals surface area contributed by atoms with Crippen LogP contribution in [0.25, 0.3) is 0 Å². The van der Waals surface area contributed by atoms with Crippen LogP contribution in [0.5, 0.6) is 5.75 Å². The summed E-state index contributed by atoms with van der Waals surface area (Å²) in [5, 5.41) is 12.5.